The highest BCUT2D eigenvalue weighted by molar-refractivity contribution is 8.25. The molecule has 1 unspecified atom stereocenters. The normalized spacial score (nSPS) is 13.4. The summed E-state index contributed by atoms with van der Waals surface area (Å²) < 4.78 is 2.30. The van der Waals surface area contributed by atoms with Gasteiger partial charge in [-0.3, -0.25) is 14.4 Å². The van der Waals surface area contributed by atoms with Gasteiger partial charge in [-0.1, -0.05) is 78.5 Å². The van der Waals surface area contributed by atoms with Gasteiger partial charge in [-0.05, 0) is 58.5 Å². The van der Waals surface area contributed by atoms with Crippen molar-refractivity contribution >= 4 is 83.0 Å². The molecule has 184 valence electrons. The molecular formula is C33H21N4PS. The first-order chi connectivity index (χ1) is 19.2. The lowest BCUT2D eigenvalue weighted by Gasteiger charge is -2.26. The minimum atomic E-state index is -2.55. The summed E-state index contributed by atoms with van der Waals surface area (Å²) in [5, 5.41) is 7.87. The van der Waals surface area contributed by atoms with Crippen LogP contribution < -0.4 is 15.9 Å². The van der Waals surface area contributed by atoms with Gasteiger partial charge < -0.3 is 0 Å². The van der Waals surface area contributed by atoms with E-state index in [4.69, 9.17) is 16.8 Å². The monoisotopic (exact) mass is 536 g/mol. The van der Waals surface area contributed by atoms with Crippen molar-refractivity contribution < 1.29 is 0 Å². The smallest absolute Gasteiger partial charge is 0.147 e. The van der Waals surface area contributed by atoms with Crippen LogP contribution in [0.3, 0.4) is 0 Å². The molecule has 0 aliphatic carbocycles. The summed E-state index contributed by atoms with van der Waals surface area (Å²) in [6.45, 7) is 0. The molecule has 0 spiro atoms. The Morgan fingerprint density at radius 2 is 1.41 bits per heavy atom. The maximum Gasteiger partial charge on any atom is 0.147 e. The van der Waals surface area contributed by atoms with Crippen LogP contribution in [0.25, 0.3) is 49.3 Å². The highest BCUT2D eigenvalue weighted by Gasteiger charge is 2.29. The number of aromatic nitrogens is 4. The maximum atomic E-state index is 6.88. The molecule has 4 nitrogen and oxygen atoms in total. The molecule has 39 heavy (non-hydrogen) atoms. The third-order valence-electron chi connectivity index (χ3n) is 7.58. The van der Waals surface area contributed by atoms with Gasteiger partial charge in [-0.25, -0.2) is 4.98 Å². The summed E-state index contributed by atoms with van der Waals surface area (Å²) in [4.78, 5) is 14.2. The average molecular weight is 537 g/mol. The van der Waals surface area contributed by atoms with Crippen molar-refractivity contribution in [2.45, 2.75) is 0 Å². The zero-order valence-electron chi connectivity index (χ0n) is 20.8. The predicted molar refractivity (Wildman–Crippen MR) is 167 cm³/mol. The van der Waals surface area contributed by atoms with Crippen molar-refractivity contribution in [2.75, 3.05) is 0 Å². The molecule has 1 atom stereocenters. The van der Waals surface area contributed by atoms with E-state index in [2.05, 4.69) is 111 Å². The number of pyridine rings is 3. The number of hydrogen-bond acceptors (Lipinski definition) is 4. The summed E-state index contributed by atoms with van der Waals surface area (Å²) in [5.74, 6) is 0. The quantitative estimate of drug-likeness (QED) is 0.191. The van der Waals surface area contributed by atoms with E-state index < -0.39 is 6.04 Å². The molecular weight excluding hydrogens is 515 g/mol. The molecule has 0 saturated carbocycles. The van der Waals surface area contributed by atoms with E-state index >= 15 is 0 Å². The van der Waals surface area contributed by atoms with Crippen LogP contribution in [0.15, 0.2) is 128 Å². The Morgan fingerprint density at radius 3 is 2.31 bits per heavy atom. The van der Waals surface area contributed by atoms with Crippen LogP contribution in [0.1, 0.15) is 0 Å². The Labute approximate surface area is 229 Å². The van der Waals surface area contributed by atoms with Crippen LogP contribution in [0.4, 0.5) is 0 Å². The number of nitrogens with zero attached hydrogens (tertiary/aromatic N) is 4. The Kier molecular flexibility index (Phi) is 4.93. The Hall–Kier alpha value is -4.44. The van der Waals surface area contributed by atoms with E-state index in [1.54, 1.807) is 0 Å². The minimum Gasteiger partial charge on any atom is -0.292 e. The Balaban J connectivity index is 1.59. The molecule has 0 radical (unpaired) electrons. The second-order valence-corrected chi connectivity index (χ2v) is 14.0. The van der Waals surface area contributed by atoms with Crippen LogP contribution in [0.5, 0.6) is 0 Å². The molecule has 0 aliphatic heterocycles. The van der Waals surface area contributed by atoms with Crippen LogP contribution in [-0.4, -0.2) is 19.4 Å². The van der Waals surface area contributed by atoms with Gasteiger partial charge in [0.05, 0.1) is 22.1 Å². The summed E-state index contributed by atoms with van der Waals surface area (Å²) in [5.41, 5.74) is 5.07. The lowest BCUT2D eigenvalue weighted by molar-refractivity contribution is 1.32. The Morgan fingerprint density at radius 1 is 0.615 bits per heavy atom. The molecule has 0 aliphatic rings. The molecule has 8 aromatic rings. The Bertz CT molecular complexity index is 2270. The van der Waals surface area contributed by atoms with Gasteiger partial charge in [0.2, 0.25) is 0 Å². The van der Waals surface area contributed by atoms with E-state index in [9.17, 15) is 0 Å². The maximum absolute atomic E-state index is 6.88. The van der Waals surface area contributed by atoms with Crippen LogP contribution in [0.2, 0.25) is 0 Å². The number of imidazole rings is 1. The molecule has 0 amide bonds. The summed E-state index contributed by atoms with van der Waals surface area (Å²) in [7, 11) is 0. The highest BCUT2D eigenvalue weighted by atomic mass is 32.4. The topological polar surface area (TPSA) is 43.1 Å². The SMILES string of the molecule is S=P(c1ccncc1)(c1ccc2cccnc2c1)c1cccc2c3ccccc3n3c4ccccc4nc3c12. The van der Waals surface area contributed by atoms with E-state index in [1.165, 1.54) is 5.39 Å². The van der Waals surface area contributed by atoms with Crippen molar-refractivity contribution in [1.29, 1.82) is 0 Å². The lowest BCUT2D eigenvalue weighted by Crippen LogP contribution is -2.26. The summed E-state index contributed by atoms with van der Waals surface area (Å²) in [6, 6.07) is 35.6. The fourth-order valence-corrected chi connectivity index (χ4v) is 9.82. The molecule has 6 heteroatoms. The number of rotatable bonds is 3. The third kappa shape index (κ3) is 3.24. The molecule has 8 rings (SSSR count). The standard InChI is InChI=1S/C33H21N4PS/c39-38(23-16-19-34-20-17-23,24-15-14-22-7-6-18-35-28(22)21-24)31-13-5-9-26-25-8-1-3-11-29(25)37-30-12-4-2-10-27(30)36-33(37)32(26)31/h1-21H. The number of hydrogen-bond donors (Lipinski definition) is 0. The second-order valence-electron chi connectivity index (χ2n) is 9.67. The third-order valence-corrected chi connectivity index (χ3v) is 12.5. The number of fused-ring (bicyclic) bond motifs is 9. The van der Waals surface area contributed by atoms with E-state index in [0.717, 1.165) is 59.8 Å². The van der Waals surface area contributed by atoms with Crippen molar-refractivity contribution in [2.24, 2.45) is 0 Å². The van der Waals surface area contributed by atoms with E-state index in [0.29, 0.717) is 0 Å². The zero-order chi connectivity index (χ0) is 26.0. The average Bonchev–Trinajstić information content (AvgIpc) is 3.41. The van der Waals surface area contributed by atoms with Crippen LogP contribution in [-0.2, 0) is 11.8 Å². The van der Waals surface area contributed by atoms with Gasteiger partial charge in [0.25, 0.3) is 0 Å². The number of para-hydroxylation sites is 3. The lowest BCUT2D eigenvalue weighted by atomic mass is 10.1. The molecule has 0 saturated heterocycles. The fourth-order valence-electron chi connectivity index (χ4n) is 5.83. The molecule has 4 heterocycles. The highest BCUT2D eigenvalue weighted by Crippen LogP contribution is 2.46. The largest absolute Gasteiger partial charge is 0.292 e. The summed E-state index contributed by atoms with van der Waals surface area (Å²) >= 11 is 6.88. The first kappa shape index (κ1) is 22.5. The second kappa shape index (κ2) is 8.54. The minimum absolute atomic E-state index is 0.933. The van der Waals surface area contributed by atoms with Gasteiger partial charge >= 0.3 is 0 Å². The molecule has 0 fully saturated rings. The van der Waals surface area contributed by atoms with Gasteiger partial charge in [0.1, 0.15) is 5.65 Å². The molecule has 4 aromatic carbocycles. The van der Waals surface area contributed by atoms with Crippen LogP contribution >= 0.6 is 6.04 Å². The predicted octanol–water partition coefficient (Wildman–Crippen LogP) is 6.49. The van der Waals surface area contributed by atoms with Crippen molar-refractivity contribution in [3.05, 3.63) is 128 Å². The molecule has 4 aromatic heterocycles. The number of benzene rings is 4. The zero-order valence-corrected chi connectivity index (χ0v) is 22.5. The van der Waals surface area contributed by atoms with Crippen molar-refractivity contribution in [3.8, 4) is 0 Å². The van der Waals surface area contributed by atoms with E-state index in [1.807, 2.05) is 30.7 Å². The first-order valence-electron chi connectivity index (χ1n) is 12.8. The van der Waals surface area contributed by atoms with Gasteiger partial charge in [-0.2, -0.15) is 0 Å². The van der Waals surface area contributed by atoms with Crippen LogP contribution in [0, 0.1) is 0 Å². The fraction of sp³-hybridized carbons (Fsp3) is 0. The summed E-state index contributed by atoms with van der Waals surface area (Å²) in [6.07, 6.45) is 5.52. The first-order valence-corrected chi connectivity index (χ1v) is 15.6. The molecule has 0 N–H and O–H groups in total. The van der Waals surface area contributed by atoms with Gasteiger partial charge in [-0.15, -0.1) is 0 Å². The van der Waals surface area contributed by atoms with Crippen molar-refractivity contribution in [1.82, 2.24) is 19.4 Å². The van der Waals surface area contributed by atoms with E-state index in [-0.39, 0.29) is 0 Å². The van der Waals surface area contributed by atoms with Crippen molar-refractivity contribution in [3.63, 3.8) is 0 Å². The molecule has 0 bridgehead atoms. The van der Waals surface area contributed by atoms with Gasteiger partial charge in [0, 0.05) is 46.1 Å². The van der Waals surface area contributed by atoms with Gasteiger partial charge in [0.15, 0.2) is 0 Å².